The minimum atomic E-state index is -6.85. The number of methoxy groups -OCH3 is 2. The first kappa shape index (κ1) is 53.0. The van der Waals surface area contributed by atoms with Crippen molar-refractivity contribution in [3.05, 3.63) is 77.4 Å². The van der Waals surface area contributed by atoms with Crippen molar-refractivity contribution in [2.75, 3.05) is 19.6 Å². The first-order valence-electron chi connectivity index (χ1n) is 14.1. The number of carboxylic acid groups (broad SMARTS) is 2. The summed E-state index contributed by atoms with van der Waals surface area (Å²) >= 11 is 9.53. The van der Waals surface area contributed by atoms with Gasteiger partial charge in [0.15, 0.2) is 5.60 Å². The summed E-state index contributed by atoms with van der Waals surface area (Å²) in [5.74, 6) is -4.35. The number of ether oxygens (including phenoxy) is 2. The third-order valence-electron chi connectivity index (χ3n) is 5.79. The molecule has 2 rings (SSSR count). The fraction of sp³-hybridized carbons (Fsp3) is 0.379. The second-order valence-corrected chi connectivity index (χ2v) is 13.7. The van der Waals surface area contributed by atoms with Gasteiger partial charge < -0.3 is 24.8 Å². The van der Waals surface area contributed by atoms with Crippen LogP contribution in [0.4, 0.5) is 35.1 Å². The molecule has 0 saturated carbocycles. The van der Waals surface area contributed by atoms with Gasteiger partial charge >= 0.3 is 55.1 Å². The van der Waals surface area contributed by atoms with Crippen LogP contribution in [0.3, 0.4) is 0 Å². The molecule has 0 amide bonds. The van der Waals surface area contributed by atoms with E-state index < -0.39 is 72.4 Å². The lowest BCUT2D eigenvalue weighted by Gasteiger charge is -2.25. The van der Waals surface area contributed by atoms with E-state index in [9.17, 15) is 76.2 Å². The molecule has 14 nitrogen and oxygen atoms in total. The van der Waals surface area contributed by atoms with E-state index in [0.717, 1.165) is 19.2 Å². The number of allylic oxidation sites excluding steroid dienone is 1. The third kappa shape index (κ3) is 19.4. The minimum absolute atomic E-state index is 0.0817. The first-order chi connectivity index (χ1) is 25.1. The molecular weight excluding hydrogens is 859 g/mol. The lowest BCUT2D eigenvalue weighted by atomic mass is 9.88. The van der Waals surface area contributed by atoms with Gasteiger partial charge in [-0.05, 0) is 54.7 Å². The molecule has 3 N–H and O–H groups in total. The highest BCUT2D eigenvalue weighted by molar-refractivity contribution is 8.00. The molecule has 0 aromatic heterocycles. The number of aliphatic carboxylic acids is 2. The number of carbonyl (C=O) groups excluding carboxylic acids is 2. The molecule has 0 aliphatic rings. The monoisotopic (exact) mass is 888 g/mol. The number of carboxylic acids is 2. The van der Waals surface area contributed by atoms with E-state index in [1.807, 2.05) is 3.63 Å². The predicted molar refractivity (Wildman–Crippen MR) is 175 cm³/mol. The molecule has 0 spiro atoms. The van der Waals surface area contributed by atoms with Crippen molar-refractivity contribution in [2.24, 2.45) is 0 Å². The smallest absolute Gasteiger partial charge is 0.481 e. The van der Waals surface area contributed by atoms with Crippen molar-refractivity contribution in [1.29, 1.82) is 0 Å². The molecule has 0 aliphatic heterocycles. The summed E-state index contributed by atoms with van der Waals surface area (Å²) in [4.78, 5) is 44.1. The SMILES string of the molecule is COC(=O)/C(=C\CCC(=O)O)c1ccc(F)cc1.COC(=O)C(O)(CCCC(=O)O)c1ccc(F)cc1.ClCCl.O=S(=O)(OS(=O)(=O)C(F)(F)F)C(F)(F)F. The number of hydrogen-bond donors (Lipinski definition) is 3. The highest BCUT2D eigenvalue weighted by Crippen LogP contribution is 2.32. The maximum Gasteiger partial charge on any atom is 0.524 e. The Hall–Kier alpha value is -4.10. The molecule has 1 unspecified atom stereocenters. The Morgan fingerprint density at radius 1 is 0.727 bits per heavy atom. The molecule has 26 heteroatoms. The summed E-state index contributed by atoms with van der Waals surface area (Å²) in [5.41, 5.74) is -13.6. The number of benzene rings is 2. The summed E-state index contributed by atoms with van der Waals surface area (Å²) in [6.07, 6.45) is 1.41. The third-order valence-corrected chi connectivity index (χ3v) is 8.35. The summed E-state index contributed by atoms with van der Waals surface area (Å²) in [6, 6.07) is 10.1. The van der Waals surface area contributed by atoms with Gasteiger partial charge in [-0.3, -0.25) is 9.59 Å². The number of halogens is 10. The van der Waals surface area contributed by atoms with Crippen molar-refractivity contribution in [1.82, 2.24) is 0 Å². The normalized spacial score (nSPS) is 12.9. The van der Waals surface area contributed by atoms with Crippen LogP contribution in [0.25, 0.3) is 5.57 Å². The number of alkyl halides is 8. The van der Waals surface area contributed by atoms with Crippen LogP contribution < -0.4 is 0 Å². The van der Waals surface area contributed by atoms with Crippen LogP contribution in [-0.2, 0) is 58.1 Å². The number of hydrogen-bond acceptors (Lipinski definition) is 12. The largest absolute Gasteiger partial charge is 0.524 e. The summed E-state index contributed by atoms with van der Waals surface area (Å²) in [7, 11) is -11.3. The molecule has 1 atom stereocenters. The van der Waals surface area contributed by atoms with Gasteiger partial charge in [-0.15, -0.1) is 26.8 Å². The van der Waals surface area contributed by atoms with Gasteiger partial charge in [0.05, 0.1) is 25.1 Å². The molecule has 312 valence electrons. The molecule has 2 aromatic rings. The van der Waals surface area contributed by atoms with Crippen molar-refractivity contribution >= 4 is 72.9 Å². The Labute approximate surface area is 317 Å². The molecule has 0 saturated heterocycles. The van der Waals surface area contributed by atoms with Gasteiger partial charge in [0.1, 0.15) is 11.6 Å². The summed E-state index contributed by atoms with van der Waals surface area (Å²) in [6.45, 7) is 0. The van der Waals surface area contributed by atoms with E-state index in [1.165, 1.54) is 49.6 Å². The van der Waals surface area contributed by atoms with E-state index >= 15 is 0 Å². The van der Waals surface area contributed by atoms with Gasteiger partial charge in [0, 0.05) is 12.8 Å². The van der Waals surface area contributed by atoms with E-state index in [1.54, 1.807) is 0 Å². The highest BCUT2D eigenvalue weighted by Gasteiger charge is 2.57. The Bertz CT molecular complexity index is 1760. The Morgan fingerprint density at radius 2 is 1.13 bits per heavy atom. The molecule has 0 heterocycles. The van der Waals surface area contributed by atoms with Gasteiger partial charge in [0.25, 0.3) is 0 Å². The van der Waals surface area contributed by atoms with Gasteiger partial charge in [-0.2, -0.15) is 43.2 Å². The minimum Gasteiger partial charge on any atom is -0.481 e. The molecule has 0 radical (unpaired) electrons. The zero-order valence-electron chi connectivity index (χ0n) is 27.9. The summed E-state index contributed by atoms with van der Waals surface area (Å²) in [5, 5.41) is 27.7. The van der Waals surface area contributed by atoms with Crippen LogP contribution in [0, 0.1) is 11.6 Å². The number of carbonyl (C=O) groups is 4. The average molecular weight is 890 g/mol. The Kier molecular flexibility index (Phi) is 22.9. The molecule has 0 bridgehead atoms. The van der Waals surface area contributed by atoms with Crippen molar-refractivity contribution < 1.29 is 99.6 Å². The van der Waals surface area contributed by atoms with Crippen molar-refractivity contribution in [3.63, 3.8) is 0 Å². The van der Waals surface area contributed by atoms with E-state index in [-0.39, 0.29) is 48.6 Å². The maximum absolute atomic E-state index is 12.8. The van der Waals surface area contributed by atoms with Gasteiger partial charge in [-0.25, -0.2) is 18.4 Å². The standard InChI is InChI=1S/C13H15FO5.C13H13FO4.C2F6O5S2.CH2Cl2/c1-19-12(17)13(18,8-2-3-11(15)16)9-4-6-10(14)7-5-9;1-18-13(17)11(3-2-4-12(15)16)9-5-7-10(14)8-6-9;3-1(4,5)14(9,10)13-15(11,12)2(6,7)8;2-1-3/h4-7,18H,2-3,8H2,1H3,(H,15,16);3,5-8H,2,4H2,1H3,(H,15,16);;1H2/b;11-3-;;. The van der Waals surface area contributed by atoms with Gasteiger partial charge in [0.2, 0.25) is 0 Å². The zero-order chi connectivity index (χ0) is 43.4. The van der Waals surface area contributed by atoms with Crippen LogP contribution in [0.15, 0.2) is 54.6 Å². The van der Waals surface area contributed by atoms with Crippen molar-refractivity contribution in [3.8, 4) is 0 Å². The van der Waals surface area contributed by atoms with Crippen LogP contribution in [0.2, 0.25) is 0 Å². The molecular formula is C29H30Cl2F8O14S2. The Balaban J connectivity index is 0. The lowest BCUT2D eigenvalue weighted by Crippen LogP contribution is -2.37. The highest BCUT2D eigenvalue weighted by atomic mass is 35.5. The fourth-order valence-electron chi connectivity index (χ4n) is 3.35. The fourth-order valence-corrected chi connectivity index (χ4v) is 4.91. The first-order valence-corrected chi connectivity index (χ1v) is 18.0. The average Bonchev–Trinajstić information content (AvgIpc) is 3.06. The molecule has 2 aromatic carbocycles. The Morgan fingerprint density at radius 3 is 1.47 bits per heavy atom. The van der Waals surface area contributed by atoms with Crippen LogP contribution in [0.1, 0.15) is 43.2 Å². The number of aliphatic hydroxyl groups is 1. The molecule has 55 heavy (non-hydrogen) atoms. The number of rotatable bonds is 13. The zero-order valence-corrected chi connectivity index (χ0v) is 31.0. The summed E-state index contributed by atoms with van der Waals surface area (Å²) < 4.78 is 145. The number of esters is 2. The second-order valence-electron chi connectivity index (χ2n) is 9.62. The van der Waals surface area contributed by atoms with Crippen LogP contribution in [0.5, 0.6) is 0 Å². The van der Waals surface area contributed by atoms with Crippen LogP contribution in [-0.4, -0.2) is 86.6 Å². The van der Waals surface area contributed by atoms with Crippen molar-refractivity contribution in [2.45, 2.75) is 48.7 Å². The van der Waals surface area contributed by atoms with Crippen LogP contribution >= 0.6 is 23.2 Å². The quantitative estimate of drug-likeness (QED) is 0.0710. The lowest BCUT2D eigenvalue weighted by molar-refractivity contribution is -0.165. The predicted octanol–water partition coefficient (Wildman–Crippen LogP) is 5.81. The molecule has 0 fully saturated rings. The van der Waals surface area contributed by atoms with E-state index in [0.29, 0.717) is 5.56 Å². The maximum atomic E-state index is 12.8. The van der Waals surface area contributed by atoms with E-state index in [4.69, 9.17) is 33.4 Å². The molecule has 0 aliphatic carbocycles. The van der Waals surface area contributed by atoms with E-state index in [2.05, 4.69) is 9.47 Å². The topological polar surface area (TPSA) is 225 Å². The van der Waals surface area contributed by atoms with Gasteiger partial charge in [-0.1, -0.05) is 30.3 Å². The second kappa shape index (κ2) is 23.7.